The lowest BCUT2D eigenvalue weighted by molar-refractivity contribution is -0.142. The van der Waals surface area contributed by atoms with E-state index in [0.29, 0.717) is 0 Å². The minimum absolute atomic E-state index is 0.239. The lowest BCUT2D eigenvalue weighted by Crippen LogP contribution is -2.36. The average molecular weight is 236 g/mol. The SMILES string of the molecule is Cc1cc(C(F)(F)F)nn1[C@@H](C)C(=O)NN. The summed E-state index contributed by atoms with van der Waals surface area (Å²) in [6, 6.07) is -0.0126. The van der Waals surface area contributed by atoms with Crippen LogP contribution in [0.4, 0.5) is 13.2 Å². The fraction of sp³-hybridized carbons (Fsp3) is 0.500. The quantitative estimate of drug-likeness (QED) is 0.452. The molecule has 1 amide bonds. The fourth-order valence-electron chi connectivity index (χ4n) is 1.25. The van der Waals surface area contributed by atoms with Crippen molar-refractivity contribution < 1.29 is 18.0 Å². The highest BCUT2D eigenvalue weighted by molar-refractivity contribution is 5.79. The highest BCUT2D eigenvalue weighted by atomic mass is 19.4. The van der Waals surface area contributed by atoms with E-state index in [1.54, 1.807) is 0 Å². The first-order chi connectivity index (χ1) is 7.27. The minimum Gasteiger partial charge on any atom is -0.292 e. The Morgan fingerprint density at radius 2 is 2.19 bits per heavy atom. The zero-order valence-electron chi connectivity index (χ0n) is 8.67. The van der Waals surface area contributed by atoms with Gasteiger partial charge in [0.1, 0.15) is 6.04 Å². The zero-order valence-corrected chi connectivity index (χ0v) is 8.67. The normalized spacial score (nSPS) is 13.6. The lowest BCUT2D eigenvalue weighted by Gasteiger charge is -2.12. The summed E-state index contributed by atoms with van der Waals surface area (Å²) < 4.78 is 38.0. The van der Waals surface area contributed by atoms with Crippen LogP contribution < -0.4 is 11.3 Å². The molecule has 0 radical (unpaired) electrons. The standard InChI is InChI=1S/C8H11F3N4O/c1-4-3-6(8(9,10)11)14-15(4)5(2)7(16)13-12/h3,5H,12H2,1-2H3,(H,13,16)/t5-/m0/s1. The van der Waals surface area contributed by atoms with Gasteiger partial charge in [0.15, 0.2) is 5.69 Å². The third-order valence-corrected chi connectivity index (χ3v) is 2.10. The van der Waals surface area contributed by atoms with Gasteiger partial charge in [-0.05, 0) is 19.9 Å². The molecule has 0 aromatic carbocycles. The molecule has 0 aliphatic rings. The van der Waals surface area contributed by atoms with Gasteiger partial charge in [-0.25, -0.2) is 5.84 Å². The summed E-state index contributed by atoms with van der Waals surface area (Å²) in [5, 5.41) is 3.33. The number of aromatic nitrogens is 2. The number of hydrogen-bond acceptors (Lipinski definition) is 3. The first kappa shape index (κ1) is 12.5. The van der Waals surface area contributed by atoms with Crippen LogP contribution in [-0.2, 0) is 11.0 Å². The first-order valence-corrected chi connectivity index (χ1v) is 4.41. The van der Waals surface area contributed by atoms with Crippen molar-refractivity contribution in [2.45, 2.75) is 26.1 Å². The predicted octanol–water partition coefficient (Wildman–Crippen LogP) is 0.761. The Kier molecular flexibility index (Phi) is 3.22. The summed E-state index contributed by atoms with van der Waals surface area (Å²) in [7, 11) is 0. The van der Waals surface area contributed by atoms with Crippen molar-refractivity contribution in [3.8, 4) is 0 Å². The van der Waals surface area contributed by atoms with E-state index in [1.807, 2.05) is 5.43 Å². The summed E-state index contributed by atoms with van der Waals surface area (Å²) in [5.74, 6) is 4.28. The number of hydrazine groups is 1. The molecule has 90 valence electrons. The number of aryl methyl sites for hydroxylation is 1. The van der Waals surface area contributed by atoms with Gasteiger partial charge in [0.05, 0.1) is 0 Å². The van der Waals surface area contributed by atoms with E-state index in [0.717, 1.165) is 10.7 Å². The predicted molar refractivity (Wildman–Crippen MR) is 49.0 cm³/mol. The molecule has 16 heavy (non-hydrogen) atoms. The molecule has 0 aliphatic carbocycles. The molecule has 0 bridgehead atoms. The molecule has 1 heterocycles. The molecule has 1 aromatic rings. The van der Waals surface area contributed by atoms with Gasteiger partial charge < -0.3 is 0 Å². The summed E-state index contributed by atoms with van der Waals surface area (Å²) in [4.78, 5) is 11.1. The van der Waals surface area contributed by atoms with Crippen molar-refractivity contribution in [2.24, 2.45) is 5.84 Å². The van der Waals surface area contributed by atoms with Crippen LogP contribution in [0.25, 0.3) is 0 Å². The molecular formula is C8H11F3N4O. The average Bonchev–Trinajstić information content (AvgIpc) is 2.57. The van der Waals surface area contributed by atoms with Crippen LogP contribution in [0.3, 0.4) is 0 Å². The smallest absolute Gasteiger partial charge is 0.292 e. The number of rotatable bonds is 2. The van der Waals surface area contributed by atoms with E-state index < -0.39 is 23.8 Å². The van der Waals surface area contributed by atoms with E-state index in [4.69, 9.17) is 5.84 Å². The van der Waals surface area contributed by atoms with E-state index in [1.165, 1.54) is 13.8 Å². The number of nitrogens with two attached hydrogens (primary N) is 1. The Balaban J connectivity index is 3.07. The minimum atomic E-state index is -4.52. The number of carbonyl (C=O) groups excluding carboxylic acids is 1. The molecule has 1 aromatic heterocycles. The Morgan fingerprint density at radius 1 is 1.62 bits per heavy atom. The topological polar surface area (TPSA) is 72.9 Å². The van der Waals surface area contributed by atoms with E-state index >= 15 is 0 Å². The molecule has 0 saturated heterocycles. The molecule has 3 N–H and O–H groups in total. The van der Waals surface area contributed by atoms with Gasteiger partial charge in [-0.2, -0.15) is 18.3 Å². The maximum Gasteiger partial charge on any atom is 0.435 e. The number of amides is 1. The van der Waals surface area contributed by atoms with Crippen LogP contribution >= 0.6 is 0 Å². The molecule has 0 fully saturated rings. The van der Waals surface area contributed by atoms with Crippen molar-refractivity contribution >= 4 is 5.91 Å². The number of carbonyl (C=O) groups is 1. The Labute approximate surface area is 89.4 Å². The molecule has 0 unspecified atom stereocenters. The maximum absolute atomic E-state index is 12.3. The van der Waals surface area contributed by atoms with Crippen molar-refractivity contribution in [3.05, 3.63) is 17.5 Å². The van der Waals surface area contributed by atoms with Gasteiger partial charge in [0.2, 0.25) is 0 Å². The van der Waals surface area contributed by atoms with E-state index in [2.05, 4.69) is 5.10 Å². The second-order valence-corrected chi connectivity index (χ2v) is 3.30. The highest BCUT2D eigenvalue weighted by Gasteiger charge is 2.35. The van der Waals surface area contributed by atoms with Crippen molar-refractivity contribution in [3.63, 3.8) is 0 Å². The summed E-state index contributed by atoms with van der Waals surface area (Å²) >= 11 is 0. The number of hydrogen-bond donors (Lipinski definition) is 2. The van der Waals surface area contributed by atoms with Gasteiger partial charge in [-0.15, -0.1) is 0 Å². The Morgan fingerprint density at radius 3 is 2.56 bits per heavy atom. The van der Waals surface area contributed by atoms with Crippen molar-refractivity contribution in [1.29, 1.82) is 0 Å². The molecule has 5 nitrogen and oxygen atoms in total. The highest BCUT2D eigenvalue weighted by Crippen LogP contribution is 2.29. The summed E-state index contributed by atoms with van der Waals surface area (Å²) in [6.07, 6.45) is -4.52. The van der Waals surface area contributed by atoms with Crippen molar-refractivity contribution in [1.82, 2.24) is 15.2 Å². The fourth-order valence-corrected chi connectivity index (χ4v) is 1.25. The second kappa shape index (κ2) is 4.12. The van der Waals surface area contributed by atoms with Crippen LogP contribution in [0.15, 0.2) is 6.07 Å². The van der Waals surface area contributed by atoms with Crippen LogP contribution in [-0.4, -0.2) is 15.7 Å². The lowest BCUT2D eigenvalue weighted by atomic mass is 10.3. The Bertz CT molecular complexity index is 398. The number of nitrogens with one attached hydrogen (secondary N) is 1. The van der Waals surface area contributed by atoms with E-state index in [9.17, 15) is 18.0 Å². The molecule has 0 saturated carbocycles. The zero-order chi connectivity index (χ0) is 12.5. The van der Waals surface area contributed by atoms with Gasteiger partial charge in [0.25, 0.3) is 5.91 Å². The van der Waals surface area contributed by atoms with Gasteiger partial charge in [-0.3, -0.25) is 14.9 Å². The first-order valence-electron chi connectivity index (χ1n) is 4.41. The molecular weight excluding hydrogens is 225 g/mol. The monoisotopic (exact) mass is 236 g/mol. The van der Waals surface area contributed by atoms with Crippen molar-refractivity contribution in [2.75, 3.05) is 0 Å². The number of halogens is 3. The summed E-state index contributed by atoms with van der Waals surface area (Å²) in [6.45, 7) is 2.84. The molecule has 1 rings (SSSR count). The third-order valence-electron chi connectivity index (χ3n) is 2.10. The molecule has 1 atom stereocenters. The van der Waals surface area contributed by atoms with Crippen LogP contribution in [0.1, 0.15) is 24.4 Å². The third kappa shape index (κ3) is 2.32. The summed E-state index contributed by atoms with van der Waals surface area (Å²) in [5.41, 5.74) is 1.07. The number of alkyl halides is 3. The molecule has 0 aliphatic heterocycles. The van der Waals surface area contributed by atoms with Crippen LogP contribution in [0, 0.1) is 6.92 Å². The largest absolute Gasteiger partial charge is 0.435 e. The van der Waals surface area contributed by atoms with Gasteiger partial charge in [-0.1, -0.05) is 0 Å². The van der Waals surface area contributed by atoms with Gasteiger partial charge in [0, 0.05) is 5.69 Å². The van der Waals surface area contributed by atoms with Crippen LogP contribution in [0.5, 0.6) is 0 Å². The second-order valence-electron chi connectivity index (χ2n) is 3.30. The van der Waals surface area contributed by atoms with Crippen LogP contribution in [0.2, 0.25) is 0 Å². The maximum atomic E-state index is 12.3. The molecule has 8 heteroatoms. The Hall–Kier alpha value is -1.57. The number of nitrogens with zero attached hydrogens (tertiary/aromatic N) is 2. The molecule has 0 spiro atoms. The van der Waals surface area contributed by atoms with E-state index in [-0.39, 0.29) is 5.69 Å². The van der Waals surface area contributed by atoms with Gasteiger partial charge >= 0.3 is 6.18 Å².